The molecule has 0 bridgehead atoms. The first-order chi connectivity index (χ1) is 8.15. The number of rotatable bonds is 4. The molecular formula is C9H10N4OS3. The van der Waals surface area contributed by atoms with Crippen LogP contribution < -0.4 is 5.32 Å². The van der Waals surface area contributed by atoms with Crippen molar-refractivity contribution in [1.29, 1.82) is 0 Å². The van der Waals surface area contributed by atoms with Gasteiger partial charge in [-0.2, -0.15) is 0 Å². The van der Waals surface area contributed by atoms with Crippen molar-refractivity contribution in [2.24, 2.45) is 0 Å². The van der Waals surface area contributed by atoms with E-state index in [0.717, 1.165) is 9.35 Å². The van der Waals surface area contributed by atoms with Gasteiger partial charge in [-0.15, -0.1) is 21.5 Å². The van der Waals surface area contributed by atoms with E-state index in [-0.39, 0.29) is 11.2 Å². The minimum absolute atomic E-state index is 0.0715. The van der Waals surface area contributed by atoms with Crippen LogP contribution in [-0.4, -0.2) is 26.3 Å². The fraction of sp³-hybridized carbons (Fsp3) is 0.333. The highest BCUT2D eigenvalue weighted by Crippen LogP contribution is 2.26. The molecule has 2 aromatic rings. The topological polar surface area (TPSA) is 67.8 Å². The summed E-state index contributed by atoms with van der Waals surface area (Å²) in [7, 11) is 0. The quantitative estimate of drug-likeness (QED) is 0.874. The molecule has 0 aliphatic rings. The Morgan fingerprint density at radius 1 is 1.53 bits per heavy atom. The summed E-state index contributed by atoms with van der Waals surface area (Å²) in [5.74, 6) is -0.0715. The first kappa shape index (κ1) is 12.5. The molecule has 8 heteroatoms. The first-order valence-corrected chi connectivity index (χ1v) is 7.40. The van der Waals surface area contributed by atoms with Gasteiger partial charge >= 0.3 is 0 Å². The number of nitrogens with one attached hydrogen (secondary N) is 1. The summed E-state index contributed by atoms with van der Waals surface area (Å²) in [5.41, 5.74) is 0. The summed E-state index contributed by atoms with van der Waals surface area (Å²) >= 11 is 4.29. The Morgan fingerprint density at radius 2 is 2.35 bits per heavy atom. The number of amides is 1. The lowest BCUT2D eigenvalue weighted by Crippen LogP contribution is -2.22. The zero-order valence-electron chi connectivity index (χ0n) is 9.21. The average molecular weight is 286 g/mol. The maximum Gasteiger partial charge on any atom is 0.239 e. The predicted molar refractivity (Wildman–Crippen MR) is 70.7 cm³/mol. The molecule has 0 spiro atoms. The lowest BCUT2D eigenvalue weighted by molar-refractivity contribution is -0.115. The van der Waals surface area contributed by atoms with E-state index in [1.54, 1.807) is 6.20 Å². The van der Waals surface area contributed by atoms with E-state index in [9.17, 15) is 4.79 Å². The van der Waals surface area contributed by atoms with Gasteiger partial charge in [0.1, 0.15) is 5.01 Å². The second-order valence-electron chi connectivity index (χ2n) is 3.17. The lowest BCUT2D eigenvalue weighted by Gasteiger charge is -2.07. The van der Waals surface area contributed by atoms with Gasteiger partial charge in [0, 0.05) is 11.6 Å². The van der Waals surface area contributed by atoms with Crippen LogP contribution in [0, 0.1) is 6.92 Å². The van der Waals surface area contributed by atoms with Gasteiger partial charge in [0.25, 0.3) is 0 Å². The Bertz CT molecular complexity index is 496. The Kier molecular flexibility index (Phi) is 4.08. The molecule has 1 amide bonds. The maximum atomic E-state index is 11.8. The highest BCUT2D eigenvalue weighted by Gasteiger charge is 2.17. The third-order valence-corrected chi connectivity index (χ3v) is 4.53. The molecule has 0 saturated carbocycles. The normalized spacial score (nSPS) is 12.4. The van der Waals surface area contributed by atoms with Crippen LogP contribution in [0.5, 0.6) is 0 Å². The Hall–Kier alpha value is -0.990. The highest BCUT2D eigenvalue weighted by atomic mass is 32.2. The van der Waals surface area contributed by atoms with Crippen molar-refractivity contribution in [2.75, 3.05) is 5.32 Å². The number of aryl methyl sites for hydroxylation is 1. The van der Waals surface area contributed by atoms with Crippen LogP contribution in [0.1, 0.15) is 11.9 Å². The number of thiazole rings is 1. The van der Waals surface area contributed by atoms with Crippen LogP contribution in [-0.2, 0) is 4.79 Å². The van der Waals surface area contributed by atoms with E-state index in [4.69, 9.17) is 0 Å². The predicted octanol–water partition coefficient (Wildman–Crippen LogP) is 2.42. The number of carbonyl (C=O) groups excluding carboxylic acids is 1. The van der Waals surface area contributed by atoms with Gasteiger partial charge in [0.05, 0.1) is 5.25 Å². The van der Waals surface area contributed by atoms with Crippen LogP contribution in [0.2, 0.25) is 0 Å². The first-order valence-electron chi connectivity index (χ1n) is 4.82. The minimum atomic E-state index is -0.216. The molecule has 0 fully saturated rings. The summed E-state index contributed by atoms with van der Waals surface area (Å²) in [6.45, 7) is 3.73. The van der Waals surface area contributed by atoms with Crippen molar-refractivity contribution in [1.82, 2.24) is 15.2 Å². The number of thioether (sulfide) groups is 1. The van der Waals surface area contributed by atoms with Crippen LogP contribution >= 0.6 is 34.4 Å². The van der Waals surface area contributed by atoms with E-state index >= 15 is 0 Å². The summed E-state index contributed by atoms with van der Waals surface area (Å²) in [4.78, 5) is 15.8. The van der Waals surface area contributed by atoms with E-state index < -0.39 is 0 Å². The second-order valence-corrected chi connectivity index (χ2v) is 6.84. The van der Waals surface area contributed by atoms with Gasteiger partial charge in [-0.25, -0.2) is 4.98 Å². The standard InChI is InChI=1S/C9H10N4OS3/c1-5(16-9-13-12-6(2)17-9)7(14)11-8-10-3-4-15-8/h3-5H,1-2H3,(H,10,11,14)/t5-/m0/s1. The minimum Gasteiger partial charge on any atom is -0.301 e. The molecule has 0 saturated heterocycles. The number of anilines is 1. The molecular weight excluding hydrogens is 276 g/mol. The number of hydrogen-bond donors (Lipinski definition) is 1. The molecule has 2 heterocycles. The van der Waals surface area contributed by atoms with Gasteiger partial charge in [-0.3, -0.25) is 4.79 Å². The summed E-state index contributed by atoms with van der Waals surface area (Å²) in [6.07, 6.45) is 1.66. The monoisotopic (exact) mass is 286 g/mol. The van der Waals surface area contributed by atoms with Crippen molar-refractivity contribution in [3.63, 3.8) is 0 Å². The molecule has 2 aromatic heterocycles. The zero-order chi connectivity index (χ0) is 12.3. The van der Waals surface area contributed by atoms with Crippen molar-refractivity contribution >= 4 is 45.5 Å². The third kappa shape index (κ3) is 3.48. The number of carbonyl (C=O) groups is 1. The average Bonchev–Trinajstić information content (AvgIpc) is 2.90. The smallest absolute Gasteiger partial charge is 0.239 e. The third-order valence-electron chi connectivity index (χ3n) is 1.82. The van der Waals surface area contributed by atoms with Crippen LogP contribution in [0.15, 0.2) is 15.9 Å². The van der Waals surface area contributed by atoms with E-state index in [2.05, 4.69) is 20.5 Å². The van der Waals surface area contributed by atoms with Crippen molar-refractivity contribution in [3.05, 3.63) is 16.6 Å². The van der Waals surface area contributed by atoms with Crippen molar-refractivity contribution in [2.45, 2.75) is 23.4 Å². The molecule has 1 atom stereocenters. The maximum absolute atomic E-state index is 11.8. The molecule has 0 radical (unpaired) electrons. The molecule has 0 unspecified atom stereocenters. The Balaban J connectivity index is 1.91. The van der Waals surface area contributed by atoms with Gasteiger partial charge in [0.15, 0.2) is 9.47 Å². The van der Waals surface area contributed by atoms with Gasteiger partial charge in [-0.05, 0) is 13.8 Å². The molecule has 0 aromatic carbocycles. The summed E-state index contributed by atoms with van der Waals surface area (Å²) in [6, 6.07) is 0. The second kappa shape index (κ2) is 5.56. The highest BCUT2D eigenvalue weighted by molar-refractivity contribution is 8.02. The summed E-state index contributed by atoms with van der Waals surface area (Å²) < 4.78 is 0.810. The van der Waals surface area contributed by atoms with E-state index in [1.165, 1.54) is 34.4 Å². The Morgan fingerprint density at radius 3 is 2.94 bits per heavy atom. The number of aromatic nitrogens is 3. The lowest BCUT2D eigenvalue weighted by atomic mass is 10.4. The molecule has 0 aliphatic carbocycles. The van der Waals surface area contributed by atoms with Crippen molar-refractivity contribution in [3.8, 4) is 0 Å². The molecule has 0 aliphatic heterocycles. The van der Waals surface area contributed by atoms with Crippen LogP contribution in [0.3, 0.4) is 0 Å². The van der Waals surface area contributed by atoms with Crippen LogP contribution in [0.25, 0.3) is 0 Å². The number of nitrogens with zero attached hydrogens (tertiary/aromatic N) is 3. The van der Waals surface area contributed by atoms with Crippen LogP contribution in [0.4, 0.5) is 5.13 Å². The summed E-state index contributed by atoms with van der Waals surface area (Å²) in [5, 5.41) is 13.8. The van der Waals surface area contributed by atoms with Gasteiger partial charge < -0.3 is 5.32 Å². The van der Waals surface area contributed by atoms with E-state index in [1.807, 2.05) is 19.2 Å². The SMILES string of the molecule is Cc1nnc(S[C@@H](C)C(=O)Nc2nccs2)s1. The largest absolute Gasteiger partial charge is 0.301 e. The van der Waals surface area contributed by atoms with Crippen molar-refractivity contribution < 1.29 is 4.79 Å². The molecule has 1 N–H and O–H groups in total. The number of hydrogen-bond acceptors (Lipinski definition) is 7. The molecule has 90 valence electrons. The fourth-order valence-corrected chi connectivity index (χ4v) is 3.51. The molecule has 17 heavy (non-hydrogen) atoms. The zero-order valence-corrected chi connectivity index (χ0v) is 11.7. The van der Waals surface area contributed by atoms with E-state index in [0.29, 0.717) is 5.13 Å². The fourth-order valence-electron chi connectivity index (χ4n) is 1.02. The molecule has 5 nitrogen and oxygen atoms in total. The van der Waals surface area contributed by atoms with Gasteiger partial charge in [-0.1, -0.05) is 23.1 Å². The molecule has 2 rings (SSSR count). The van der Waals surface area contributed by atoms with Gasteiger partial charge in [0.2, 0.25) is 5.91 Å². The Labute approximate surface area is 111 Å².